The third kappa shape index (κ3) is 2.77. The van der Waals surface area contributed by atoms with Crippen LogP contribution in [0.3, 0.4) is 0 Å². The normalized spacial score (nSPS) is 10.1. The predicted octanol–water partition coefficient (Wildman–Crippen LogP) is 1.55. The molecule has 0 fully saturated rings. The Morgan fingerprint density at radius 1 is 1.12 bits per heavy atom. The molecule has 82 valence electrons. The van der Waals surface area contributed by atoms with Crippen LogP contribution in [0.1, 0.15) is 11.3 Å². The van der Waals surface area contributed by atoms with Crippen LogP contribution in [-0.4, -0.2) is 15.1 Å². The van der Waals surface area contributed by atoms with E-state index in [1.807, 2.05) is 12.1 Å². The van der Waals surface area contributed by atoms with E-state index in [2.05, 4.69) is 9.97 Å². The lowest BCUT2D eigenvalue weighted by molar-refractivity contribution is 0.275. The zero-order chi connectivity index (χ0) is 11.2. The molecule has 2 aromatic rings. The summed E-state index contributed by atoms with van der Waals surface area (Å²) in [6.07, 6.45) is 5.06. The van der Waals surface area contributed by atoms with Gasteiger partial charge in [0, 0.05) is 12.4 Å². The van der Waals surface area contributed by atoms with Crippen molar-refractivity contribution in [3.8, 4) is 5.75 Å². The lowest BCUT2D eigenvalue weighted by Gasteiger charge is -2.05. The van der Waals surface area contributed by atoms with Crippen LogP contribution in [0, 0.1) is 0 Å². The maximum atomic E-state index is 8.83. The number of hydrogen-bond acceptors (Lipinski definition) is 4. The van der Waals surface area contributed by atoms with Crippen LogP contribution in [-0.2, 0) is 13.2 Å². The smallest absolute Gasteiger partial charge is 0.138 e. The van der Waals surface area contributed by atoms with E-state index < -0.39 is 0 Å². The van der Waals surface area contributed by atoms with E-state index in [4.69, 9.17) is 9.84 Å². The second-order valence-electron chi connectivity index (χ2n) is 3.29. The molecule has 0 unspecified atom stereocenters. The molecule has 0 atom stereocenters. The minimum absolute atomic E-state index is 0.0510. The van der Waals surface area contributed by atoms with Crippen molar-refractivity contribution < 1.29 is 9.84 Å². The van der Waals surface area contributed by atoms with Crippen LogP contribution in [0.4, 0.5) is 0 Å². The molecule has 0 aliphatic carbocycles. The molecule has 2 aromatic heterocycles. The number of pyridine rings is 2. The topological polar surface area (TPSA) is 55.2 Å². The Hall–Kier alpha value is -1.94. The third-order valence-corrected chi connectivity index (χ3v) is 2.11. The number of hydrogen-bond donors (Lipinski definition) is 1. The van der Waals surface area contributed by atoms with Gasteiger partial charge in [0.1, 0.15) is 12.4 Å². The largest absolute Gasteiger partial charge is 0.487 e. The van der Waals surface area contributed by atoms with Gasteiger partial charge in [-0.2, -0.15) is 0 Å². The minimum Gasteiger partial charge on any atom is -0.487 e. The summed E-state index contributed by atoms with van der Waals surface area (Å²) in [6, 6.07) is 7.33. The second-order valence-corrected chi connectivity index (χ2v) is 3.29. The summed E-state index contributed by atoms with van der Waals surface area (Å²) in [4.78, 5) is 7.95. The van der Waals surface area contributed by atoms with E-state index in [-0.39, 0.29) is 6.61 Å². The van der Waals surface area contributed by atoms with Gasteiger partial charge in [0.2, 0.25) is 0 Å². The van der Waals surface area contributed by atoms with Crippen molar-refractivity contribution in [3.63, 3.8) is 0 Å². The Bertz CT molecular complexity index is 429. The fraction of sp³-hybridized carbons (Fsp3) is 0.167. The lowest BCUT2D eigenvalue weighted by Crippen LogP contribution is -1.96. The summed E-state index contributed by atoms with van der Waals surface area (Å²) in [5.41, 5.74) is 1.69. The SMILES string of the molecule is OCc1ccc(OCc2ccncc2)cn1. The van der Waals surface area contributed by atoms with Gasteiger partial charge < -0.3 is 9.84 Å². The highest BCUT2D eigenvalue weighted by Crippen LogP contribution is 2.11. The van der Waals surface area contributed by atoms with Gasteiger partial charge in [-0.05, 0) is 29.8 Å². The van der Waals surface area contributed by atoms with Crippen LogP contribution in [0.2, 0.25) is 0 Å². The van der Waals surface area contributed by atoms with E-state index in [0.717, 1.165) is 5.56 Å². The molecule has 2 heterocycles. The van der Waals surface area contributed by atoms with Gasteiger partial charge in [-0.1, -0.05) is 0 Å². The van der Waals surface area contributed by atoms with Gasteiger partial charge >= 0.3 is 0 Å². The first-order valence-electron chi connectivity index (χ1n) is 4.96. The van der Waals surface area contributed by atoms with Crippen LogP contribution in [0.5, 0.6) is 5.75 Å². The first-order chi connectivity index (χ1) is 7.88. The lowest BCUT2D eigenvalue weighted by atomic mass is 10.3. The van der Waals surface area contributed by atoms with Crippen molar-refractivity contribution in [3.05, 3.63) is 54.1 Å². The molecule has 0 radical (unpaired) electrons. The highest BCUT2D eigenvalue weighted by Gasteiger charge is 1.97. The van der Waals surface area contributed by atoms with Crippen LogP contribution in [0.25, 0.3) is 0 Å². The zero-order valence-electron chi connectivity index (χ0n) is 8.71. The van der Waals surface area contributed by atoms with Crippen molar-refractivity contribution in [2.75, 3.05) is 0 Å². The molecule has 0 saturated carbocycles. The highest BCUT2D eigenvalue weighted by molar-refractivity contribution is 5.20. The monoisotopic (exact) mass is 216 g/mol. The molecule has 0 saturated heterocycles. The van der Waals surface area contributed by atoms with E-state index in [0.29, 0.717) is 18.1 Å². The molecule has 2 rings (SSSR count). The number of aliphatic hydroxyl groups excluding tert-OH is 1. The van der Waals surface area contributed by atoms with E-state index in [1.54, 1.807) is 30.7 Å². The van der Waals surface area contributed by atoms with E-state index >= 15 is 0 Å². The molecule has 1 N–H and O–H groups in total. The summed E-state index contributed by atoms with van der Waals surface area (Å²) in [6.45, 7) is 0.438. The highest BCUT2D eigenvalue weighted by atomic mass is 16.5. The van der Waals surface area contributed by atoms with Crippen LogP contribution in [0.15, 0.2) is 42.9 Å². The van der Waals surface area contributed by atoms with Crippen molar-refractivity contribution in [2.24, 2.45) is 0 Å². The maximum absolute atomic E-state index is 8.83. The molecule has 0 amide bonds. The molecule has 0 aliphatic rings. The number of nitrogens with zero attached hydrogens (tertiary/aromatic N) is 2. The van der Waals surface area contributed by atoms with Gasteiger partial charge in [-0.15, -0.1) is 0 Å². The maximum Gasteiger partial charge on any atom is 0.138 e. The quantitative estimate of drug-likeness (QED) is 0.842. The Balaban J connectivity index is 1.94. The Morgan fingerprint density at radius 2 is 1.94 bits per heavy atom. The number of ether oxygens (including phenoxy) is 1. The van der Waals surface area contributed by atoms with Crippen LogP contribution < -0.4 is 4.74 Å². The van der Waals surface area contributed by atoms with E-state index in [9.17, 15) is 0 Å². The average Bonchev–Trinajstić information content (AvgIpc) is 2.38. The van der Waals surface area contributed by atoms with Gasteiger partial charge in [0.25, 0.3) is 0 Å². The molecule has 4 heteroatoms. The summed E-state index contributed by atoms with van der Waals surface area (Å²) in [5.74, 6) is 0.689. The first-order valence-corrected chi connectivity index (χ1v) is 4.96. The van der Waals surface area contributed by atoms with Crippen molar-refractivity contribution in [1.82, 2.24) is 9.97 Å². The molecular weight excluding hydrogens is 204 g/mol. The molecule has 4 nitrogen and oxygen atoms in total. The van der Waals surface area contributed by atoms with Gasteiger partial charge in [0.15, 0.2) is 0 Å². The first kappa shape index (κ1) is 10.6. The van der Waals surface area contributed by atoms with Crippen molar-refractivity contribution in [1.29, 1.82) is 0 Å². The summed E-state index contributed by atoms with van der Waals surface area (Å²) in [5, 5.41) is 8.83. The van der Waals surface area contributed by atoms with Crippen molar-refractivity contribution in [2.45, 2.75) is 13.2 Å². The van der Waals surface area contributed by atoms with Gasteiger partial charge in [-0.25, -0.2) is 0 Å². The molecule has 16 heavy (non-hydrogen) atoms. The van der Waals surface area contributed by atoms with Crippen LogP contribution >= 0.6 is 0 Å². The average molecular weight is 216 g/mol. The molecule has 0 aliphatic heterocycles. The van der Waals surface area contributed by atoms with Crippen molar-refractivity contribution >= 4 is 0 Å². The Labute approximate surface area is 93.6 Å². The number of rotatable bonds is 4. The predicted molar refractivity (Wildman–Crippen MR) is 58.7 cm³/mol. The number of aromatic nitrogens is 2. The molecule has 0 bridgehead atoms. The summed E-state index contributed by atoms with van der Waals surface area (Å²) < 4.78 is 5.52. The fourth-order valence-corrected chi connectivity index (χ4v) is 1.24. The summed E-state index contributed by atoms with van der Waals surface area (Å²) in [7, 11) is 0. The number of aliphatic hydroxyl groups is 1. The Kier molecular flexibility index (Phi) is 3.46. The summed E-state index contributed by atoms with van der Waals surface area (Å²) >= 11 is 0. The molecule has 0 spiro atoms. The minimum atomic E-state index is -0.0510. The zero-order valence-corrected chi connectivity index (χ0v) is 8.71. The third-order valence-electron chi connectivity index (χ3n) is 2.11. The van der Waals surface area contributed by atoms with E-state index in [1.165, 1.54) is 0 Å². The van der Waals surface area contributed by atoms with Gasteiger partial charge in [-0.3, -0.25) is 9.97 Å². The standard InChI is InChI=1S/C12H12N2O2/c15-8-11-1-2-12(7-14-11)16-9-10-3-5-13-6-4-10/h1-7,15H,8-9H2. The second kappa shape index (κ2) is 5.23. The molecular formula is C12H12N2O2. The Morgan fingerprint density at radius 3 is 2.56 bits per heavy atom. The van der Waals surface area contributed by atoms with Gasteiger partial charge in [0.05, 0.1) is 18.5 Å². The fourth-order valence-electron chi connectivity index (χ4n) is 1.24. The molecule has 0 aromatic carbocycles.